The van der Waals surface area contributed by atoms with E-state index in [1.54, 1.807) is 29.9 Å². The quantitative estimate of drug-likeness (QED) is 0.621. The van der Waals surface area contributed by atoms with Crippen LogP contribution in [0.15, 0.2) is 54.7 Å². The molecule has 0 saturated carbocycles. The third-order valence-electron chi connectivity index (χ3n) is 4.32. The monoisotopic (exact) mass is 402 g/mol. The van der Waals surface area contributed by atoms with Gasteiger partial charge in [-0.2, -0.15) is 13.2 Å². The molecule has 146 valence electrons. The van der Waals surface area contributed by atoms with Gasteiger partial charge in [0.05, 0.1) is 17.7 Å². The summed E-state index contributed by atoms with van der Waals surface area (Å²) in [5.74, 6) is -0.444. The molecule has 0 unspecified atom stereocenters. The van der Waals surface area contributed by atoms with Crippen LogP contribution in [0.5, 0.6) is 0 Å². The van der Waals surface area contributed by atoms with Gasteiger partial charge in [-0.25, -0.2) is 4.39 Å². The fourth-order valence-corrected chi connectivity index (χ4v) is 3.16. The fraction of sp³-hybridized carbons (Fsp3) is 0.263. The summed E-state index contributed by atoms with van der Waals surface area (Å²) >= 11 is 0. The lowest BCUT2D eigenvalue weighted by Crippen LogP contribution is -2.33. The van der Waals surface area contributed by atoms with Crippen molar-refractivity contribution in [2.45, 2.75) is 18.3 Å². The van der Waals surface area contributed by atoms with Crippen molar-refractivity contribution in [1.29, 1.82) is 0 Å². The van der Waals surface area contributed by atoms with Gasteiger partial charge in [0.1, 0.15) is 5.82 Å². The van der Waals surface area contributed by atoms with E-state index < -0.39 is 29.7 Å². The van der Waals surface area contributed by atoms with Crippen molar-refractivity contribution >= 4 is 23.3 Å². The minimum Gasteiger partial charge on any atom is -0.389 e. The van der Waals surface area contributed by atoms with Crippen molar-refractivity contribution in [3.05, 3.63) is 71.7 Å². The molecule has 1 heterocycles. The van der Waals surface area contributed by atoms with E-state index in [4.69, 9.17) is 0 Å². The zero-order valence-electron chi connectivity index (χ0n) is 14.4. The molecule has 0 fully saturated rings. The molecule has 2 N–H and O–H groups in total. The topological polar surface area (TPSA) is 37.2 Å². The standard InChI is InChI=1S/C19H18F4N2O.ClH/c1-24-11-17(26)18(13-3-2-4-15(20)10-13)25-8-7-12-9-14(19(21,22)23)5-6-16(12)25;/h2-10,17-18,24,26H,11H2,1H3;1H/t17-,18+;/m1./s1. The highest BCUT2D eigenvalue weighted by Gasteiger charge is 2.31. The van der Waals surface area contributed by atoms with E-state index in [9.17, 15) is 22.7 Å². The molecular formula is C19H19ClF4N2O. The van der Waals surface area contributed by atoms with Crippen LogP contribution < -0.4 is 5.32 Å². The first-order valence-corrected chi connectivity index (χ1v) is 8.07. The van der Waals surface area contributed by atoms with E-state index >= 15 is 0 Å². The van der Waals surface area contributed by atoms with Gasteiger partial charge in [-0.1, -0.05) is 12.1 Å². The molecule has 3 aromatic rings. The van der Waals surface area contributed by atoms with Crippen LogP contribution in [-0.2, 0) is 6.18 Å². The number of likely N-dealkylation sites (N-methyl/N-ethyl adjacent to an activating group) is 1. The third-order valence-corrected chi connectivity index (χ3v) is 4.32. The molecule has 0 aliphatic carbocycles. The number of fused-ring (bicyclic) bond motifs is 1. The molecule has 0 bridgehead atoms. The minimum atomic E-state index is -4.43. The van der Waals surface area contributed by atoms with Crippen LogP contribution in [0.1, 0.15) is 17.2 Å². The fourth-order valence-electron chi connectivity index (χ4n) is 3.16. The third kappa shape index (κ3) is 4.43. The summed E-state index contributed by atoms with van der Waals surface area (Å²) in [4.78, 5) is 0. The number of rotatable bonds is 5. The van der Waals surface area contributed by atoms with Crippen molar-refractivity contribution in [1.82, 2.24) is 9.88 Å². The molecule has 3 rings (SSSR count). The lowest BCUT2D eigenvalue weighted by Gasteiger charge is -2.26. The highest BCUT2D eigenvalue weighted by Crippen LogP contribution is 2.34. The largest absolute Gasteiger partial charge is 0.416 e. The molecule has 27 heavy (non-hydrogen) atoms. The van der Waals surface area contributed by atoms with Crippen LogP contribution in [0.25, 0.3) is 10.9 Å². The Kier molecular flexibility index (Phi) is 6.51. The van der Waals surface area contributed by atoms with Crippen molar-refractivity contribution in [2.75, 3.05) is 13.6 Å². The van der Waals surface area contributed by atoms with Crippen molar-refractivity contribution in [2.24, 2.45) is 0 Å². The zero-order valence-corrected chi connectivity index (χ0v) is 15.2. The number of nitrogens with zero attached hydrogens (tertiary/aromatic N) is 1. The minimum absolute atomic E-state index is 0. The molecule has 0 radical (unpaired) electrons. The molecule has 0 aliphatic rings. The molecule has 3 nitrogen and oxygen atoms in total. The molecule has 0 aliphatic heterocycles. The summed E-state index contributed by atoms with van der Waals surface area (Å²) in [6.45, 7) is 0.238. The van der Waals surface area contributed by atoms with Crippen LogP contribution in [0.4, 0.5) is 17.6 Å². The molecule has 2 aromatic carbocycles. The Morgan fingerprint density at radius 3 is 2.48 bits per heavy atom. The first-order chi connectivity index (χ1) is 12.3. The zero-order chi connectivity index (χ0) is 18.9. The van der Waals surface area contributed by atoms with Gasteiger partial charge in [-0.3, -0.25) is 0 Å². The van der Waals surface area contributed by atoms with Crippen LogP contribution in [0.2, 0.25) is 0 Å². The Labute approximate surface area is 160 Å². The molecule has 1 aromatic heterocycles. The maximum absolute atomic E-state index is 13.7. The van der Waals surface area contributed by atoms with Crippen molar-refractivity contribution in [3.8, 4) is 0 Å². The maximum Gasteiger partial charge on any atom is 0.416 e. The van der Waals surface area contributed by atoms with Gasteiger partial charge < -0.3 is 15.0 Å². The number of alkyl halides is 3. The Balaban J connectivity index is 0.00000261. The Bertz CT molecular complexity index is 910. The average Bonchev–Trinajstić information content (AvgIpc) is 2.98. The van der Waals surface area contributed by atoms with Gasteiger partial charge in [0.15, 0.2) is 0 Å². The number of aliphatic hydroxyl groups excluding tert-OH is 1. The number of benzene rings is 2. The predicted molar refractivity (Wildman–Crippen MR) is 98.7 cm³/mol. The van der Waals surface area contributed by atoms with E-state index in [2.05, 4.69) is 5.32 Å². The summed E-state index contributed by atoms with van der Waals surface area (Å²) in [5.41, 5.74) is 0.327. The molecule has 2 atom stereocenters. The van der Waals surface area contributed by atoms with Crippen LogP contribution in [0, 0.1) is 5.82 Å². The molecule has 0 spiro atoms. The lowest BCUT2D eigenvalue weighted by atomic mass is 10.0. The second-order valence-electron chi connectivity index (χ2n) is 6.12. The van der Waals surface area contributed by atoms with Gasteiger partial charge in [-0.15, -0.1) is 12.4 Å². The SMILES string of the molecule is CNC[C@@H](O)[C@H](c1cccc(F)c1)n1ccc2cc(C(F)(F)F)ccc21.Cl. The number of halogens is 5. The van der Waals surface area contributed by atoms with Crippen LogP contribution in [0.3, 0.4) is 0 Å². The summed E-state index contributed by atoms with van der Waals surface area (Å²) in [7, 11) is 1.68. The van der Waals surface area contributed by atoms with Gasteiger partial charge in [-0.05, 0) is 49.0 Å². The average molecular weight is 403 g/mol. The summed E-state index contributed by atoms with van der Waals surface area (Å²) < 4.78 is 54.1. The van der Waals surface area contributed by atoms with E-state index in [0.717, 1.165) is 12.1 Å². The summed E-state index contributed by atoms with van der Waals surface area (Å²) in [6, 6.07) is 10.2. The number of aromatic nitrogens is 1. The van der Waals surface area contributed by atoms with E-state index in [1.807, 2.05) is 0 Å². The first kappa shape index (κ1) is 21.2. The number of aliphatic hydroxyl groups is 1. The molecule has 0 saturated heterocycles. The number of hydrogen-bond acceptors (Lipinski definition) is 2. The van der Waals surface area contributed by atoms with E-state index in [0.29, 0.717) is 16.5 Å². The predicted octanol–water partition coefficient (Wildman–Crippen LogP) is 4.39. The van der Waals surface area contributed by atoms with Crippen molar-refractivity contribution in [3.63, 3.8) is 0 Å². The lowest BCUT2D eigenvalue weighted by molar-refractivity contribution is -0.137. The number of hydrogen-bond donors (Lipinski definition) is 2. The Morgan fingerprint density at radius 2 is 1.85 bits per heavy atom. The Hall–Kier alpha value is -2.09. The normalized spacial score (nSPS) is 14.0. The second-order valence-corrected chi connectivity index (χ2v) is 6.12. The van der Waals surface area contributed by atoms with Gasteiger partial charge in [0.2, 0.25) is 0 Å². The van der Waals surface area contributed by atoms with Crippen molar-refractivity contribution < 1.29 is 22.7 Å². The van der Waals surface area contributed by atoms with E-state index in [1.165, 1.54) is 24.3 Å². The van der Waals surface area contributed by atoms with Gasteiger partial charge in [0, 0.05) is 23.6 Å². The highest BCUT2D eigenvalue weighted by atomic mass is 35.5. The highest BCUT2D eigenvalue weighted by molar-refractivity contribution is 5.85. The Morgan fingerprint density at radius 1 is 1.11 bits per heavy atom. The smallest absolute Gasteiger partial charge is 0.389 e. The molecule has 0 amide bonds. The van der Waals surface area contributed by atoms with Crippen LogP contribution >= 0.6 is 12.4 Å². The number of nitrogens with one attached hydrogen (secondary N) is 1. The van der Waals surface area contributed by atoms with E-state index in [-0.39, 0.29) is 19.0 Å². The summed E-state index contributed by atoms with van der Waals surface area (Å²) in [5, 5.41) is 13.8. The first-order valence-electron chi connectivity index (χ1n) is 8.07. The van der Waals surface area contributed by atoms with Gasteiger partial charge in [0.25, 0.3) is 0 Å². The second kappa shape index (κ2) is 8.29. The summed E-state index contributed by atoms with van der Waals surface area (Å²) in [6.07, 6.45) is -3.72. The molecular weight excluding hydrogens is 384 g/mol. The maximum atomic E-state index is 13.7. The van der Waals surface area contributed by atoms with Crippen LogP contribution in [-0.4, -0.2) is 29.4 Å². The molecule has 8 heteroatoms. The van der Waals surface area contributed by atoms with Gasteiger partial charge >= 0.3 is 6.18 Å².